The van der Waals surface area contributed by atoms with Crippen LogP contribution in [0.1, 0.15) is 71.6 Å². The number of alkyl carbamates (subject to hydrolysis) is 1. The summed E-state index contributed by atoms with van der Waals surface area (Å²) >= 11 is 0. The molecule has 0 radical (unpaired) electrons. The van der Waals surface area contributed by atoms with Gasteiger partial charge in [-0.25, -0.2) is 4.79 Å². The van der Waals surface area contributed by atoms with E-state index in [4.69, 9.17) is 14.2 Å². The molecular weight excluding hydrogens is 506 g/mol. The second-order valence-corrected chi connectivity index (χ2v) is 12.4. The van der Waals surface area contributed by atoms with Gasteiger partial charge in [-0.3, -0.25) is 9.58 Å². The molecule has 220 valence electrons. The number of amides is 1. The lowest BCUT2D eigenvalue weighted by Crippen LogP contribution is -2.56. The van der Waals surface area contributed by atoms with Crippen LogP contribution in [0.15, 0.2) is 36.5 Å². The molecule has 3 aliphatic rings. The maximum atomic E-state index is 12.8. The van der Waals surface area contributed by atoms with Crippen LogP contribution in [0, 0.1) is 23.7 Å². The van der Waals surface area contributed by atoms with Gasteiger partial charge in [-0.1, -0.05) is 63.2 Å². The Kier molecular flexibility index (Phi) is 9.43. The zero-order chi connectivity index (χ0) is 28.2. The molecule has 2 aromatic rings. The molecule has 0 aliphatic carbocycles. The van der Waals surface area contributed by atoms with E-state index in [-0.39, 0.29) is 37.1 Å². The molecule has 5 rings (SSSR count). The van der Waals surface area contributed by atoms with E-state index < -0.39 is 0 Å². The van der Waals surface area contributed by atoms with Crippen molar-refractivity contribution in [2.75, 3.05) is 6.54 Å². The molecule has 1 N–H and O–H groups in total. The first-order valence-electron chi connectivity index (χ1n) is 15.2. The number of carbonyl (C=O) groups is 1. The summed E-state index contributed by atoms with van der Waals surface area (Å²) in [6, 6.07) is 10.8. The molecule has 1 aromatic carbocycles. The number of ether oxygens (including phenoxy) is 3. The van der Waals surface area contributed by atoms with Gasteiger partial charge in [0.05, 0.1) is 18.9 Å². The van der Waals surface area contributed by atoms with Gasteiger partial charge in [-0.15, -0.1) is 5.10 Å². The summed E-state index contributed by atoms with van der Waals surface area (Å²) in [4.78, 5) is 15.3. The van der Waals surface area contributed by atoms with Gasteiger partial charge in [-0.2, -0.15) is 0 Å². The van der Waals surface area contributed by atoms with Crippen LogP contribution in [0.2, 0.25) is 0 Å². The Bertz CT molecular complexity index is 1090. The number of benzene rings is 1. The van der Waals surface area contributed by atoms with Crippen LogP contribution in [-0.2, 0) is 34.0 Å². The van der Waals surface area contributed by atoms with Crippen molar-refractivity contribution >= 4 is 6.09 Å². The Morgan fingerprint density at radius 3 is 2.65 bits per heavy atom. The molecule has 0 spiro atoms. The molecule has 3 aliphatic heterocycles. The van der Waals surface area contributed by atoms with E-state index in [1.165, 1.54) is 12.8 Å². The zero-order valence-electron chi connectivity index (χ0n) is 24.7. The number of nitrogens with zero attached hydrogens (tertiary/aromatic N) is 4. The lowest BCUT2D eigenvalue weighted by Gasteiger charge is -2.43. The Morgan fingerprint density at radius 1 is 1.07 bits per heavy atom. The predicted octanol–water partition coefficient (Wildman–Crippen LogP) is 5.01. The van der Waals surface area contributed by atoms with Gasteiger partial charge >= 0.3 is 6.09 Å². The number of aromatic nitrogens is 3. The van der Waals surface area contributed by atoms with Crippen LogP contribution in [0.25, 0.3) is 0 Å². The molecule has 1 aromatic heterocycles. The monoisotopic (exact) mass is 553 g/mol. The fraction of sp³-hybridized carbons (Fsp3) is 0.710. The highest BCUT2D eigenvalue weighted by atomic mass is 16.7. The predicted molar refractivity (Wildman–Crippen MR) is 152 cm³/mol. The summed E-state index contributed by atoms with van der Waals surface area (Å²) in [6.45, 7) is 13.4. The summed E-state index contributed by atoms with van der Waals surface area (Å²) < 4.78 is 20.0. The molecule has 1 amide bonds. The summed E-state index contributed by atoms with van der Waals surface area (Å²) in [5.41, 5.74) is 1.78. The van der Waals surface area contributed by atoms with Crippen molar-refractivity contribution in [3.05, 3.63) is 47.8 Å². The third-order valence-electron chi connectivity index (χ3n) is 9.81. The zero-order valence-corrected chi connectivity index (χ0v) is 24.7. The normalized spacial score (nSPS) is 34.4. The molecule has 0 saturated carbocycles. The van der Waals surface area contributed by atoms with Gasteiger partial charge in [0.2, 0.25) is 0 Å². The number of fused-ring (bicyclic) bond motifs is 1. The van der Waals surface area contributed by atoms with Crippen molar-refractivity contribution in [1.82, 2.24) is 25.2 Å². The fourth-order valence-electron chi connectivity index (χ4n) is 6.92. The lowest BCUT2D eigenvalue weighted by atomic mass is 9.78. The smallest absolute Gasteiger partial charge is 0.407 e. The molecule has 0 bridgehead atoms. The maximum Gasteiger partial charge on any atom is 0.407 e. The first kappa shape index (κ1) is 29.0. The van der Waals surface area contributed by atoms with Crippen LogP contribution < -0.4 is 5.32 Å². The minimum absolute atomic E-state index is 0.0186. The molecule has 40 heavy (non-hydrogen) atoms. The van der Waals surface area contributed by atoms with Crippen molar-refractivity contribution in [2.45, 2.75) is 111 Å². The highest BCUT2D eigenvalue weighted by Gasteiger charge is 2.42. The number of hydrogen-bond donors (Lipinski definition) is 1. The topological polar surface area (TPSA) is 90.7 Å². The van der Waals surface area contributed by atoms with Crippen molar-refractivity contribution in [3.63, 3.8) is 0 Å². The summed E-state index contributed by atoms with van der Waals surface area (Å²) in [7, 11) is 0. The van der Waals surface area contributed by atoms with Crippen molar-refractivity contribution < 1.29 is 19.0 Å². The average molecular weight is 554 g/mol. The van der Waals surface area contributed by atoms with Gasteiger partial charge in [0.25, 0.3) is 0 Å². The van der Waals surface area contributed by atoms with Crippen molar-refractivity contribution in [3.8, 4) is 0 Å². The SMILES string of the molecule is CCC1OC(OCc2cn(CC3CC4CC[C@@H](C)N4CC3NC(=O)OCc3ccccc3)nn2)C(C)C(C)C1C. The number of hydrogen-bond acceptors (Lipinski definition) is 7. The standard InChI is InChI=1S/C31H47N5O4/c1-6-29-22(4)21(3)23(5)30(40-29)38-19-26-16-35(34-33-26)15-25-14-27-13-12-20(2)36(27)17-28(25)32-31(37)39-18-24-10-8-7-9-11-24/h7-11,16,20-23,25,27-30H,6,12-15,17-19H2,1-5H3,(H,32,37)/t20-,21?,22?,23?,25?,27?,28?,29?,30?/m1/s1. The summed E-state index contributed by atoms with van der Waals surface area (Å²) in [6.07, 6.45) is 6.01. The molecule has 4 heterocycles. The molecule has 8 unspecified atom stereocenters. The van der Waals surface area contributed by atoms with E-state index in [0.29, 0.717) is 43.0 Å². The van der Waals surface area contributed by atoms with Crippen molar-refractivity contribution in [2.24, 2.45) is 23.7 Å². The van der Waals surface area contributed by atoms with Crippen LogP contribution in [0.4, 0.5) is 4.79 Å². The van der Waals surface area contributed by atoms with E-state index >= 15 is 0 Å². The molecule has 9 nitrogen and oxygen atoms in total. The van der Waals surface area contributed by atoms with E-state index in [1.54, 1.807) is 0 Å². The minimum Gasteiger partial charge on any atom is -0.445 e. The van der Waals surface area contributed by atoms with E-state index in [9.17, 15) is 4.79 Å². The first-order valence-corrected chi connectivity index (χ1v) is 15.2. The Balaban J connectivity index is 1.18. The molecular formula is C31H47N5O4. The number of rotatable bonds is 9. The average Bonchev–Trinajstić information content (AvgIpc) is 3.56. The second-order valence-electron chi connectivity index (χ2n) is 12.4. The largest absolute Gasteiger partial charge is 0.445 e. The van der Waals surface area contributed by atoms with Gasteiger partial charge < -0.3 is 19.5 Å². The van der Waals surface area contributed by atoms with Gasteiger partial charge in [-0.05, 0) is 50.0 Å². The Morgan fingerprint density at radius 2 is 1.88 bits per heavy atom. The van der Waals surface area contributed by atoms with E-state index in [1.807, 2.05) is 41.2 Å². The van der Waals surface area contributed by atoms with Gasteiger partial charge in [0, 0.05) is 43.1 Å². The van der Waals surface area contributed by atoms with E-state index in [0.717, 1.165) is 30.6 Å². The van der Waals surface area contributed by atoms with Crippen LogP contribution in [0.5, 0.6) is 0 Å². The summed E-state index contributed by atoms with van der Waals surface area (Å²) in [5, 5.41) is 12.0. The van der Waals surface area contributed by atoms with Crippen molar-refractivity contribution in [1.29, 1.82) is 0 Å². The first-order chi connectivity index (χ1) is 19.3. The second kappa shape index (κ2) is 13.0. The van der Waals surface area contributed by atoms with Gasteiger partial charge in [0.1, 0.15) is 12.3 Å². The third kappa shape index (κ3) is 6.69. The highest BCUT2D eigenvalue weighted by molar-refractivity contribution is 5.67. The number of piperidine rings is 1. The molecule has 9 atom stereocenters. The Labute approximate surface area is 238 Å². The number of nitrogens with one attached hydrogen (secondary N) is 1. The van der Waals surface area contributed by atoms with E-state index in [2.05, 4.69) is 55.1 Å². The molecule has 3 saturated heterocycles. The van der Waals surface area contributed by atoms with Crippen LogP contribution >= 0.6 is 0 Å². The minimum atomic E-state index is -0.368. The Hall–Kier alpha value is -2.49. The fourth-order valence-corrected chi connectivity index (χ4v) is 6.92. The quantitative estimate of drug-likeness (QED) is 0.467. The van der Waals surface area contributed by atoms with Gasteiger partial charge in [0.15, 0.2) is 6.29 Å². The maximum absolute atomic E-state index is 12.8. The lowest BCUT2D eigenvalue weighted by molar-refractivity contribution is -0.253. The molecule has 3 fully saturated rings. The highest BCUT2D eigenvalue weighted by Crippen LogP contribution is 2.37. The molecule has 9 heteroatoms. The third-order valence-corrected chi connectivity index (χ3v) is 9.81. The van der Waals surface area contributed by atoms with Crippen LogP contribution in [-0.4, -0.2) is 63.1 Å². The van der Waals surface area contributed by atoms with Crippen LogP contribution in [0.3, 0.4) is 0 Å². The summed E-state index contributed by atoms with van der Waals surface area (Å²) in [5.74, 6) is 1.61. The number of carbonyl (C=O) groups excluding carboxylic acids is 1.